The summed E-state index contributed by atoms with van der Waals surface area (Å²) in [5, 5.41) is 11.5. The summed E-state index contributed by atoms with van der Waals surface area (Å²) in [6.07, 6.45) is 4.41. The van der Waals surface area contributed by atoms with Gasteiger partial charge in [-0.1, -0.05) is 60.7 Å². The van der Waals surface area contributed by atoms with Crippen molar-refractivity contribution in [2.75, 3.05) is 19.6 Å². The Bertz CT molecular complexity index is 656. The smallest absolute Gasteiger partial charge is 0.0939 e. The van der Waals surface area contributed by atoms with Crippen molar-refractivity contribution in [2.24, 2.45) is 11.8 Å². The second kappa shape index (κ2) is 6.70. The average molecular weight is 321 g/mol. The third-order valence-electron chi connectivity index (χ3n) is 6.10. The van der Waals surface area contributed by atoms with Crippen molar-refractivity contribution in [2.45, 2.75) is 31.3 Å². The van der Waals surface area contributed by atoms with E-state index >= 15 is 0 Å². The third-order valence-corrected chi connectivity index (χ3v) is 6.10. The molecule has 0 aromatic heterocycles. The van der Waals surface area contributed by atoms with Crippen molar-refractivity contribution in [3.63, 3.8) is 0 Å². The lowest BCUT2D eigenvalue weighted by molar-refractivity contribution is -0.0647. The van der Waals surface area contributed by atoms with E-state index in [1.54, 1.807) is 0 Å². The van der Waals surface area contributed by atoms with Gasteiger partial charge in [0.15, 0.2) is 0 Å². The summed E-state index contributed by atoms with van der Waals surface area (Å²) in [6, 6.07) is 21.1. The molecule has 0 amide bonds. The van der Waals surface area contributed by atoms with E-state index in [2.05, 4.69) is 59.5 Å². The molecular weight excluding hydrogens is 294 g/mol. The van der Waals surface area contributed by atoms with Gasteiger partial charge in [0.25, 0.3) is 0 Å². The van der Waals surface area contributed by atoms with Gasteiger partial charge in [-0.15, -0.1) is 0 Å². The van der Waals surface area contributed by atoms with E-state index in [4.69, 9.17) is 0 Å². The van der Waals surface area contributed by atoms with Crippen molar-refractivity contribution >= 4 is 0 Å². The molecule has 126 valence electrons. The number of hydrogen-bond donors (Lipinski definition) is 1. The van der Waals surface area contributed by atoms with E-state index in [0.717, 1.165) is 44.5 Å². The zero-order chi connectivity index (χ0) is 16.4. The lowest BCUT2D eigenvalue weighted by Crippen LogP contribution is -2.42. The van der Waals surface area contributed by atoms with Gasteiger partial charge in [0.05, 0.1) is 5.60 Å². The zero-order valence-corrected chi connectivity index (χ0v) is 14.3. The van der Waals surface area contributed by atoms with Crippen LogP contribution < -0.4 is 0 Å². The molecule has 2 heteroatoms. The molecule has 0 unspecified atom stereocenters. The molecule has 2 aromatic rings. The van der Waals surface area contributed by atoms with Crippen LogP contribution in [0.3, 0.4) is 0 Å². The second-order valence-corrected chi connectivity index (χ2v) is 7.54. The predicted molar refractivity (Wildman–Crippen MR) is 97.8 cm³/mol. The highest BCUT2D eigenvalue weighted by Crippen LogP contribution is 2.48. The van der Waals surface area contributed by atoms with Gasteiger partial charge in [0.1, 0.15) is 0 Å². The van der Waals surface area contributed by atoms with E-state index in [1.165, 1.54) is 12.0 Å². The first-order valence-corrected chi connectivity index (χ1v) is 9.30. The van der Waals surface area contributed by atoms with Crippen LogP contribution in [0.5, 0.6) is 0 Å². The molecule has 4 rings (SSSR count). The lowest BCUT2D eigenvalue weighted by atomic mass is 9.67. The Kier molecular flexibility index (Phi) is 4.43. The van der Waals surface area contributed by atoms with Crippen molar-refractivity contribution < 1.29 is 5.11 Å². The summed E-state index contributed by atoms with van der Waals surface area (Å²) in [5.74, 6) is 1.02. The highest BCUT2D eigenvalue weighted by Gasteiger charge is 2.49. The lowest BCUT2D eigenvalue weighted by Gasteiger charge is -2.41. The van der Waals surface area contributed by atoms with Crippen LogP contribution in [0.25, 0.3) is 0 Å². The topological polar surface area (TPSA) is 23.5 Å². The van der Waals surface area contributed by atoms with Gasteiger partial charge in [-0.05, 0) is 42.7 Å². The Labute approximate surface area is 145 Å². The molecular formula is C22H27NO. The fourth-order valence-electron chi connectivity index (χ4n) is 4.81. The molecule has 1 aliphatic heterocycles. The van der Waals surface area contributed by atoms with Gasteiger partial charge in [-0.3, -0.25) is 0 Å². The minimum absolute atomic E-state index is 0.379. The van der Waals surface area contributed by atoms with Gasteiger partial charge < -0.3 is 10.0 Å². The molecule has 2 aliphatic rings. The Morgan fingerprint density at radius 1 is 0.958 bits per heavy atom. The Hall–Kier alpha value is -1.64. The van der Waals surface area contributed by atoms with Gasteiger partial charge in [-0.25, -0.2) is 0 Å². The number of rotatable bonds is 4. The standard InChI is InChI=1S/C22H27NO/c24-22(20-11-5-2-6-12-20)14-7-10-19-16-23(17-21(19)22)15-13-18-8-3-1-4-9-18/h1-6,8-9,11-12,19,21,24H,7,10,13-17H2/t19-,21+,22+/m0/s1. The number of nitrogens with zero attached hydrogens (tertiary/aromatic N) is 1. The molecule has 1 N–H and O–H groups in total. The first kappa shape index (κ1) is 15.9. The summed E-state index contributed by atoms with van der Waals surface area (Å²) < 4.78 is 0. The first-order valence-electron chi connectivity index (χ1n) is 9.30. The number of likely N-dealkylation sites (tertiary alicyclic amines) is 1. The van der Waals surface area contributed by atoms with Crippen molar-refractivity contribution in [3.8, 4) is 0 Å². The molecule has 0 radical (unpaired) electrons. The van der Waals surface area contributed by atoms with Crippen molar-refractivity contribution in [1.29, 1.82) is 0 Å². The van der Waals surface area contributed by atoms with E-state index < -0.39 is 5.60 Å². The molecule has 0 bridgehead atoms. The number of fused-ring (bicyclic) bond motifs is 1. The number of aliphatic hydroxyl groups is 1. The molecule has 3 atom stereocenters. The van der Waals surface area contributed by atoms with E-state index in [0.29, 0.717) is 11.8 Å². The number of hydrogen-bond acceptors (Lipinski definition) is 2. The second-order valence-electron chi connectivity index (χ2n) is 7.54. The molecule has 1 aliphatic carbocycles. The van der Waals surface area contributed by atoms with Crippen LogP contribution in [0.1, 0.15) is 30.4 Å². The minimum Gasteiger partial charge on any atom is -0.385 e. The molecule has 1 saturated carbocycles. The van der Waals surface area contributed by atoms with E-state index in [9.17, 15) is 5.11 Å². The first-order chi connectivity index (χ1) is 11.8. The van der Waals surface area contributed by atoms with E-state index in [1.807, 2.05) is 6.07 Å². The van der Waals surface area contributed by atoms with Crippen LogP contribution in [0.15, 0.2) is 60.7 Å². The van der Waals surface area contributed by atoms with Crippen LogP contribution >= 0.6 is 0 Å². The average Bonchev–Trinajstić information content (AvgIpc) is 3.07. The molecule has 2 aromatic carbocycles. The summed E-state index contributed by atoms with van der Waals surface area (Å²) in [4.78, 5) is 2.57. The zero-order valence-electron chi connectivity index (χ0n) is 14.3. The van der Waals surface area contributed by atoms with Crippen LogP contribution in [-0.4, -0.2) is 29.6 Å². The van der Waals surface area contributed by atoms with Gasteiger partial charge in [0, 0.05) is 25.6 Å². The normalized spacial score (nSPS) is 30.2. The summed E-state index contributed by atoms with van der Waals surface area (Å²) in [6.45, 7) is 3.28. The Morgan fingerprint density at radius 3 is 2.42 bits per heavy atom. The maximum atomic E-state index is 11.5. The summed E-state index contributed by atoms with van der Waals surface area (Å²) in [5.41, 5.74) is 1.89. The Morgan fingerprint density at radius 2 is 1.67 bits per heavy atom. The van der Waals surface area contributed by atoms with Crippen LogP contribution in [0.2, 0.25) is 0 Å². The monoisotopic (exact) mass is 321 g/mol. The van der Waals surface area contributed by atoms with Gasteiger partial charge in [-0.2, -0.15) is 0 Å². The fourth-order valence-corrected chi connectivity index (χ4v) is 4.81. The highest BCUT2D eigenvalue weighted by atomic mass is 16.3. The minimum atomic E-state index is -0.633. The van der Waals surface area contributed by atoms with E-state index in [-0.39, 0.29) is 0 Å². The molecule has 2 fully saturated rings. The highest BCUT2D eigenvalue weighted by molar-refractivity contribution is 5.25. The van der Waals surface area contributed by atoms with Gasteiger partial charge in [0.2, 0.25) is 0 Å². The molecule has 1 saturated heterocycles. The fraction of sp³-hybridized carbons (Fsp3) is 0.455. The largest absolute Gasteiger partial charge is 0.385 e. The predicted octanol–water partition coefficient (Wildman–Crippen LogP) is 3.85. The molecule has 1 heterocycles. The van der Waals surface area contributed by atoms with Gasteiger partial charge >= 0.3 is 0 Å². The molecule has 24 heavy (non-hydrogen) atoms. The third kappa shape index (κ3) is 3.01. The maximum Gasteiger partial charge on any atom is 0.0939 e. The maximum absolute atomic E-state index is 11.5. The summed E-state index contributed by atoms with van der Waals surface area (Å²) >= 11 is 0. The quantitative estimate of drug-likeness (QED) is 0.924. The summed E-state index contributed by atoms with van der Waals surface area (Å²) in [7, 11) is 0. The van der Waals surface area contributed by atoms with Crippen LogP contribution in [0, 0.1) is 11.8 Å². The molecule has 0 spiro atoms. The SMILES string of the molecule is O[C@@]1(c2ccccc2)CCC[C@H]2CN(CCc3ccccc3)C[C@H]21. The molecule has 2 nitrogen and oxygen atoms in total. The number of benzene rings is 2. The Balaban J connectivity index is 1.46. The van der Waals surface area contributed by atoms with Crippen LogP contribution in [-0.2, 0) is 12.0 Å². The van der Waals surface area contributed by atoms with Crippen molar-refractivity contribution in [1.82, 2.24) is 4.90 Å². The van der Waals surface area contributed by atoms with Crippen LogP contribution in [0.4, 0.5) is 0 Å². The van der Waals surface area contributed by atoms with Crippen molar-refractivity contribution in [3.05, 3.63) is 71.8 Å².